The molecule has 2 heterocycles. The minimum Gasteiger partial charge on any atom is -0.342 e. The van der Waals surface area contributed by atoms with E-state index >= 15 is 0 Å². The molecule has 0 atom stereocenters. The minimum atomic E-state index is -0.0476. The first-order chi connectivity index (χ1) is 8.50. The Morgan fingerprint density at radius 3 is 2.06 bits per heavy atom. The highest BCUT2D eigenvalue weighted by Gasteiger charge is 2.37. The topological polar surface area (TPSA) is 57.7 Å². The van der Waals surface area contributed by atoms with Crippen molar-refractivity contribution in [3.8, 4) is 0 Å². The van der Waals surface area contributed by atoms with E-state index in [1.807, 2.05) is 18.7 Å². The molecule has 0 aromatic heterocycles. The van der Waals surface area contributed by atoms with Gasteiger partial charge in [0.1, 0.15) is 0 Å². The van der Waals surface area contributed by atoms with Crippen LogP contribution in [0.2, 0.25) is 0 Å². The van der Waals surface area contributed by atoms with E-state index in [0.717, 1.165) is 12.8 Å². The first-order valence-corrected chi connectivity index (χ1v) is 6.64. The van der Waals surface area contributed by atoms with Crippen molar-refractivity contribution in [2.24, 2.45) is 5.92 Å². The standard InChI is InChI=1S/C13H20N2O3/c1-9(2)13(18)14-7-5-10(6-8-14)15-11(16)3-4-12(15)17/h9-10H,3-8H2,1-2H3. The first kappa shape index (κ1) is 13.1. The van der Waals surface area contributed by atoms with Crippen LogP contribution in [0.3, 0.4) is 0 Å². The molecule has 0 aromatic rings. The third-order valence-electron chi connectivity index (χ3n) is 3.73. The highest BCUT2D eigenvalue weighted by Crippen LogP contribution is 2.23. The second-order valence-corrected chi connectivity index (χ2v) is 5.37. The van der Waals surface area contributed by atoms with Crippen LogP contribution in [-0.4, -0.2) is 46.7 Å². The Kier molecular flexibility index (Phi) is 3.68. The van der Waals surface area contributed by atoms with Crippen LogP contribution in [0, 0.1) is 5.92 Å². The largest absolute Gasteiger partial charge is 0.342 e. The lowest BCUT2D eigenvalue weighted by atomic mass is 10.0. The molecule has 2 aliphatic rings. The van der Waals surface area contributed by atoms with Crippen molar-refractivity contribution < 1.29 is 14.4 Å². The molecule has 100 valence electrons. The Balaban J connectivity index is 1.92. The van der Waals surface area contributed by atoms with E-state index in [4.69, 9.17) is 0 Å². The van der Waals surface area contributed by atoms with Gasteiger partial charge in [0.25, 0.3) is 0 Å². The number of carbonyl (C=O) groups excluding carboxylic acids is 3. The quantitative estimate of drug-likeness (QED) is 0.682. The molecule has 2 saturated heterocycles. The Morgan fingerprint density at radius 2 is 1.61 bits per heavy atom. The SMILES string of the molecule is CC(C)C(=O)N1CCC(N2C(=O)CCC2=O)CC1. The highest BCUT2D eigenvalue weighted by atomic mass is 16.2. The molecule has 0 spiro atoms. The van der Waals surface area contributed by atoms with Crippen LogP contribution in [0.15, 0.2) is 0 Å². The van der Waals surface area contributed by atoms with Gasteiger partial charge in [0, 0.05) is 37.9 Å². The summed E-state index contributed by atoms with van der Waals surface area (Å²) in [5.74, 6) is 0.0754. The van der Waals surface area contributed by atoms with Crippen molar-refractivity contribution in [2.75, 3.05) is 13.1 Å². The number of nitrogens with zero attached hydrogens (tertiary/aromatic N) is 2. The summed E-state index contributed by atoms with van der Waals surface area (Å²) < 4.78 is 0. The fraction of sp³-hybridized carbons (Fsp3) is 0.769. The predicted octanol–water partition coefficient (Wildman–Crippen LogP) is 0.782. The second-order valence-electron chi connectivity index (χ2n) is 5.37. The number of amides is 3. The van der Waals surface area contributed by atoms with Gasteiger partial charge in [-0.25, -0.2) is 0 Å². The molecule has 0 saturated carbocycles. The highest BCUT2D eigenvalue weighted by molar-refractivity contribution is 6.02. The molecular formula is C13H20N2O3. The van der Waals surface area contributed by atoms with Gasteiger partial charge in [-0.05, 0) is 12.8 Å². The summed E-state index contributed by atoms with van der Waals surface area (Å²) in [6.45, 7) is 5.08. The number of imide groups is 1. The van der Waals surface area contributed by atoms with E-state index in [0.29, 0.717) is 25.9 Å². The van der Waals surface area contributed by atoms with Gasteiger partial charge in [-0.1, -0.05) is 13.8 Å². The van der Waals surface area contributed by atoms with Crippen LogP contribution < -0.4 is 0 Å². The van der Waals surface area contributed by atoms with Crippen molar-refractivity contribution in [2.45, 2.75) is 45.6 Å². The lowest BCUT2D eigenvalue weighted by Gasteiger charge is -2.36. The number of hydrogen-bond donors (Lipinski definition) is 0. The van der Waals surface area contributed by atoms with Crippen LogP contribution in [0.25, 0.3) is 0 Å². The fourth-order valence-corrected chi connectivity index (χ4v) is 2.71. The third-order valence-corrected chi connectivity index (χ3v) is 3.73. The molecule has 2 fully saturated rings. The Morgan fingerprint density at radius 1 is 1.11 bits per heavy atom. The summed E-state index contributed by atoms with van der Waals surface area (Å²) in [7, 11) is 0. The number of carbonyl (C=O) groups is 3. The van der Waals surface area contributed by atoms with Crippen molar-refractivity contribution in [3.05, 3.63) is 0 Å². The molecule has 18 heavy (non-hydrogen) atoms. The second kappa shape index (κ2) is 5.08. The number of hydrogen-bond acceptors (Lipinski definition) is 3. The molecule has 0 radical (unpaired) electrons. The van der Waals surface area contributed by atoms with Crippen LogP contribution in [0.4, 0.5) is 0 Å². The van der Waals surface area contributed by atoms with Crippen molar-refractivity contribution in [1.82, 2.24) is 9.80 Å². The molecule has 0 aliphatic carbocycles. The summed E-state index contributed by atoms with van der Waals surface area (Å²) in [6, 6.07) is 0.00344. The fourth-order valence-electron chi connectivity index (χ4n) is 2.71. The molecule has 0 bridgehead atoms. The lowest BCUT2D eigenvalue weighted by molar-refractivity contribution is -0.143. The maximum Gasteiger partial charge on any atom is 0.229 e. The Labute approximate surface area is 107 Å². The number of piperidine rings is 1. The van der Waals surface area contributed by atoms with E-state index in [-0.39, 0.29) is 29.7 Å². The van der Waals surface area contributed by atoms with E-state index in [1.54, 1.807) is 0 Å². The summed E-state index contributed by atoms with van der Waals surface area (Å²) in [5, 5.41) is 0. The lowest BCUT2D eigenvalue weighted by Crippen LogP contribution is -2.49. The molecule has 0 unspecified atom stereocenters. The van der Waals surface area contributed by atoms with Gasteiger partial charge >= 0.3 is 0 Å². The van der Waals surface area contributed by atoms with Gasteiger partial charge in [-0.3, -0.25) is 19.3 Å². The monoisotopic (exact) mass is 252 g/mol. The molecule has 0 aromatic carbocycles. The molecule has 5 heteroatoms. The summed E-state index contributed by atoms with van der Waals surface area (Å²) in [6.07, 6.45) is 2.14. The zero-order valence-corrected chi connectivity index (χ0v) is 11.0. The molecular weight excluding hydrogens is 232 g/mol. The molecule has 5 nitrogen and oxygen atoms in total. The maximum atomic E-state index is 11.8. The zero-order chi connectivity index (χ0) is 13.3. The molecule has 0 N–H and O–H groups in total. The normalized spacial score (nSPS) is 22.2. The smallest absolute Gasteiger partial charge is 0.229 e. The van der Waals surface area contributed by atoms with Crippen LogP contribution in [0.5, 0.6) is 0 Å². The van der Waals surface area contributed by atoms with Crippen molar-refractivity contribution in [1.29, 1.82) is 0 Å². The predicted molar refractivity (Wildman–Crippen MR) is 65.5 cm³/mol. The molecule has 2 rings (SSSR count). The van der Waals surface area contributed by atoms with Crippen molar-refractivity contribution in [3.63, 3.8) is 0 Å². The van der Waals surface area contributed by atoms with E-state index in [9.17, 15) is 14.4 Å². The van der Waals surface area contributed by atoms with E-state index in [2.05, 4.69) is 0 Å². The van der Waals surface area contributed by atoms with Crippen molar-refractivity contribution >= 4 is 17.7 Å². The summed E-state index contributed by atoms with van der Waals surface area (Å²) >= 11 is 0. The summed E-state index contributed by atoms with van der Waals surface area (Å²) in [5.41, 5.74) is 0. The molecule has 2 aliphatic heterocycles. The van der Waals surface area contributed by atoms with Gasteiger partial charge < -0.3 is 4.90 Å². The zero-order valence-electron chi connectivity index (χ0n) is 11.0. The van der Waals surface area contributed by atoms with Gasteiger partial charge in [-0.15, -0.1) is 0 Å². The van der Waals surface area contributed by atoms with Crippen LogP contribution in [-0.2, 0) is 14.4 Å². The average Bonchev–Trinajstić information content (AvgIpc) is 2.68. The average molecular weight is 252 g/mol. The van der Waals surface area contributed by atoms with Gasteiger partial charge in [0.15, 0.2) is 0 Å². The third kappa shape index (κ3) is 2.40. The first-order valence-electron chi connectivity index (χ1n) is 6.64. The molecule has 3 amide bonds. The van der Waals surface area contributed by atoms with Crippen LogP contribution in [0.1, 0.15) is 39.5 Å². The van der Waals surface area contributed by atoms with E-state index in [1.165, 1.54) is 4.90 Å². The van der Waals surface area contributed by atoms with Gasteiger partial charge in [0.05, 0.1) is 0 Å². The maximum absolute atomic E-state index is 11.8. The van der Waals surface area contributed by atoms with Gasteiger partial charge in [-0.2, -0.15) is 0 Å². The summed E-state index contributed by atoms with van der Waals surface area (Å²) in [4.78, 5) is 38.4. The number of rotatable bonds is 2. The van der Waals surface area contributed by atoms with Crippen LogP contribution >= 0.6 is 0 Å². The van der Waals surface area contributed by atoms with Gasteiger partial charge in [0.2, 0.25) is 17.7 Å². The number of likely N-dealkylation sites (tertiary alicyclic amines) is 2. The Bertz CT molecular complexity index is 354. The Hall–Kier alpha value is -1.39. The minimum absolute atomic E-state index is 0.00344. The van der Waals surface area contributed by atoms with E-state index < -0.39 is 0 Å².